The molecule has 0 fully saturated rings. The third-order valence-electron chi connectivity index (χ3n) is 6.46. The topological polar surface area (TPSA) is 51.0 Å². The molecular weight excluding hydrogens is 432 g/mol. The molecule has 3 aromatic rings. The van der Waals surface area contributed by atoms with Crippen LogP contribution in [0.1, 0.15) is 62.3 Å². The second-order valence-electron chi connectivity index (χ2n) is 9.13. The molecule has 0 N–H and O–H groups in total. The standard InChI is InChI=1S/C27H30N4O.C3H8/c1-6-21-8-7-9-24(19(21)3)22-15-23-17-31(13-11-25(23)29-16-22)20(4)18(2)14-26-28-12-10-27(32)30(26)5;1-3-2/h7-10,12,14-16H,4,6,11,13,17H2,1-3,5H3;3H2,1-2H3/b18-14-;. The van der Waals surface area contributed by atoms with Crippen LogP contribution < -0.4 is 5.56 Å². The van der Waals surface area contributed by atoms with E-state index in [9.17, 15) is 4.79 Å². The number of aryl methyl sites for hydroxylation is 1. The number of benzene rings is 1. The van der Waals surface area contributed by atoms with Gasteiger partial charge in [-0.15, -0.1) is 0 Å². The summed E-state index contributed by atoms with van der Waals surface area (Å²) in [7, 11) is 1.73. The second-order valence-corrected chi connectivity index (χ2v) is 9.13. The van der Waals surface area contributed by atoms with Gasteiger partial charge in [0.2, 0.25) is 0 Å². The van der Waals surface area contributed by atoms with Gasteiger partial charge in [0.15, 0.2) is 0 Å². The van der Waals surface area contributed by atoms with Crippen LogP contribution in [0.5, 0.6) is 0 Å². The van der Waals surface area contributed by atoms with Crippen LogP contribution in [-0.4, -0.2) is 26.0 Å². The van der Waals surface area contributed by atoms with Crippen LogP contribution in [0.15, 0.2) is 65.4 Å². The molecule has 0 saturated heterocycles. The Labute approximate surface area is 209 Å². The van der Waals surface area contributed by atoms with E-state index in [1.807, 2.05) is 19.2 Å². The summed E-state index contributed by atoms with van der Waals surface area (Å²) in [6.45, 7) is 16.6. The molecule has 0 atom stereocenters. The van der Waals surface area contributed by atoms with Gasteiger partial charge in [0, 0.05) is 62.0 Å². The van der Waals surface area contributed by atoms with Crippen molar-refractivity contribution in [1.82, 2.24) is 19.4 Å². The fraction of sp³-hybridized carbons (Fsp3) is 0.367. The molecule has 0 spiro atoms. The molecule has 184 valence electrons. The van der Waals surface area contributed by atoms with Crippen molar-refractivity contribution in [2.45, 2.75) is 60.4 Å². The van der Waals surface area contributed by atoms with Gasteiger partial charge in [0.25, 0.3) is 5.56 Å². The van der Waals surface area contributed by atoms with Crippen LogP contribution >= 0.6 is 0 Å². The van der Waals surface area contributed by atoms with Gasteiger partial charge in [0.1, 0.15) is 5.82 Å². The molecule has 35 heavy (non-hydrogen) atoms. The first-order valence-corrected chi connectivity index (χ1v) is 12.5. The third kappa shape index (κ3) is 5.97. The Morgan fingerprint density at radius 3 is 2.63 bits per heavy atom. The molecule has 1 aliphatic heterocycles. The lowest BCUT2D eigenvalue weighted by atomic mass is 9.94. The van der Waals surface area contributed by atoms with Crippen molar-refractivity contribution in [3.8, 4) is 11.1 Å². The minimum absolute atomic E-state index is 0.0717. The molecular formula is C30H38N4O. The predicted octanol–water partition coefficient (Wildman–Crippen LogP) is 6.10. The van der Waals surface area contributed by atoms with Crippen molar-refractivity contribution in [2.24, 2.45) is 7.05 Å². The Morgan fingerprint density at radius 2 is 1.91 bits per heavy atom. The highest BCUT2D eigenvalue weighted by atomic mass is 16.1. The quantitative estimate of drug-likeness (QED) is 0.423. The first-order valence-electron chi connectivity index (χ1n) is 12.5. The molecule has 0 unspecified atom stereocenters. The Morgan fingerprint density at radius 1 is 1.17 bits per heavy atom. The molecule has 0 radical (unpaired) electrons. The number of pyridine rings is 1. The lowest BCUT2D eigenvalue weighted by molar-refractivity contribution is 0.326. The maximum Gasteiger partial charge on any atom is 0.253 e. The molecule has 5 heteroatoms. The Hall–Kier alpha value is -3.47. The van der Waals surface area contributed by atoms with E-state index in [4.69, 9.17) is 4.98 Å². The van der Waals surface area contributed by atoms with E-state index in [1.54, 1.807) is 17.8 Å². The number of rotatable bonds is 5. The number of hydrogen-bond acceptors (Lipinski definition) is 4. The van der Waals surface area contributed by atoms with Crippen molar-refractivity contribution < 1.29 is 0 Å². The molecule has 4 rings (SSSR count). The lowest BCUT2D eigenvalue weighted by Crippen LogP contribution is -2.30. The van der Waals surface area contributed by atoms with Crippen LogP contribution in [0.3, 0.4) is 0 Å². The van der Waals surface area contributed by atoms with E-state index < -0.39 is 0 Å². The van der Waals surface area contributed by atoms with Crippen molar-refractivity contribution in [2.75, 3.05) is 6.54 Å². The van der Waals surface area contributed by atoms with Gasteiger partial charge in [-0.25, -0.2) is 4.98 Å². The highest BCUT2D eigenvalue weighted by Gasteiger charge is 2.20. The fourth-order valence-electron chi connectivity index (χ4n) is 4.33. The Bertz CT molecular complexity index is 1290. The lowest BCUT2D eigenvalue weighted by Gasteiger charge is -2.32. The van der Waals surface area contributed by atoms with Gasteiger partial charge in [-0.2, -0.15) is 0 Å². The van der Waals surface area contributed by atoms with Crippen LogP contribution in [0.2, 0.25) is 0 Å². The SMILES string of the molecule is C=C(/C(C)=C\c1nccc(=O)n1C)N1CCc2ncc(-c3cccc(CC)c3C)cc2C1.CCC. The molecule has 5 nitrogen and oxygen atoms in total. The van der Waals surface area contributed by atoms with Crippen LogP contribution in [0, 0.1) is 6.92 Å². The van der Waals surface area contributed by atoms with E-state index in [0.29, 0.717) is 5.82 Å². The average Bonchev–Trinajstić information content (AvgIpc) is 2.86. The molecule has 0 saturated carbocycles. The molecule has 0 aliphatic carbocycles. The Kier molecular flexibility index (Phi) is 8.80. The number of aromatic nitrogens is 3. The van der Waals surface area contributed by atoms with Crippen LogP contribution in [0.4, 0.5) is 0 Å². The zero-order valence-corrected chi connectivity index (χ0v) is 22.1. The van der Waals surface area contributed by atoms with Crippen molar-refractivity contribution in [3.63, 3.8) is 0 Å². The summed E-state index contributed by atoms with van der Waals surface area (Å²) in [6, 6.07) is 10.3. The highest BCUT2D eigenvalue weighted by molar-refractivity contribution is 5.68. The summed E-state index contributed by atoms with van der Waals surface area (Å²) in [6.07, 6.45) is 8.65. The van der Waals surface area contributed by atoms with Gasteiger partial charge in [-0.05, 0) is 60.2 Å². The van der Waals surface area contributed by atoms with Gasteiger partial charge in [-0.3, -0.25) is 14.3 Å². The summed E-state index contributed by atoms with van der Waals surface area (Å²) in [5.74, 6) is 0.629. The second kappa shape index (κ2) is 11.8. The molecule has 1 aliphatic rings. The molecule has 2 aromatic heterocycles. The fourth-order valence-corrected chi connectivity index (χ4v) is 4.33. The molecule has 0 bridgehead atoms. The summed E-state index contributed by atoms with van der Waals surface area (Å²) >= 11 is 0. The van der Waals surface area contributed by atoms with E-state index in [-0.39, 0.29) is 5.56 Å². The van der Waals surface area contributed by atoms with Crippen LogP contribution in [-0.2, 0) is 26.4 Å². The minimum atomic E-state index is -0.0717. The Balaban J connectivity index is 0.00000108. The summed E-state index contributed by atoms with van der Waals surface area (Å²) in [5.41, 5.74) is 9.40. The van der Waals surface area contributed by atoms with Crippen molar-refractivity contribution in [3.05, 3.63) is 99.1 Å². The average molecular weight is 471 g/mol. The summed E-state index contributed by atoms with van der Waals surface area (Å²) < 4.78 is 1.55. The monoisotopic (exact) mass is 470 g/mol. The molecule has 0 amide bonds. The van der Waals surface area contributed by atoms with E-state index in [1.165, 1.54) is 40.3 Å². The summed E-state index contributed by atoms with van der Waals surface area (Å²) in [4.78, 5) is 23.3. The minimum Gasteiger partial charge on any atom is -0.367 e. The largest absolute Gasteiger partial charge is 0.367 e. The number of hydrogen-bond donors (Lipinski definition) is 0. The van der Waals surface area contributed by atoms with Crippen molar-refractivity contribution >= 4 is 6.08 Å². The smallest absolute Gasteiger partial charge is 0.253 e. The number of fused-ring (bicyclic) bond motifs is 1. The maximum absolute atomic E-state index is 11.9. The first-order chi connectivity index (χ1) is 16.8. The number of nitrogens with zero attached hydrogens (tertiary/aromatic N) is 4. The van der Waals surface area contributed by atoms with Crippen molar-refractivity contribution in [1.29, 1.82) is 0 Å². The highest BCUT2D eigenvalue weighted by Crippen LogP contribution is 2.30. The number of allylic oxidation sites excluding steroid dienone is 1. The normalized spacial score (nSPS) is 13.1. The zero-order valence-electron chi connectivity index (χ0n) is 22.1. The molecule has 3 heterocycles. The van der Waals surface area contributed by atoms with Gasteiger partial charge >= 0.3 is 0 Å². The van der Waals surface area contributed by atoms with Gasteiger partial charge < -0.3 is 4.90 Å². The molecule has 1 aromatic carbocycles. The third-order valence-corrected chi connectivity index (χ3v) is 6.46. The summed E-state index contributed by atoms with van der Waals surface area (Å²) in [5, 5.41) is 0. The zero-order chi connectivity index (χ0) is 25.5. The first kappa shape index (κ1) is 26.1. The predicted molar refractivity (Wildman–Crippen MR) is 146 cm³/mol. The van der Waals surface area contributed by atoms with Crippen LogP contribution in [0.25, 0.3) is 17.2 Å². The maximum atomic E-state index is 11.9. The van der Waals surface area contributed by atoms with E-state index in [0.717, 1.165) is 42.9 Å². The van der Waals surface area contributed by atoms with E-state index in [2.05, 4.69) is 68.4 Å². The van der Waals surface area contributed by atoms with Gasteiger partial charge in [-0.1, -0.05) is 52.0 Å². The van der Waals surface area contributed by atoms with Gasteiger partial charge in [0.05, 0.1) is 0 Å². The van der Waals surface area contributed by atoms with E-state index >= 15 is 0 Å².